The van der Waals surface area contributed by atoms with Crippen LogP contribution >= 0.6 is 0 Å². The van der Waals surface area contributed by atoms with E-state index in [9.17, 15) is 9.59 Å². The fourth-order valence-corrected chi connectivity index (χ4v) is 8.77. The molecule has 2 aromatic carbocycles. The predicted octanol–water partition coefficient (Wildman–Crippen LogP) is 8.04. The van der Waals surface area contributed by atoms with Gasteiger partial charge in [-0.1, -0.05) is 58.0 Å². The van der Waals surface area contributed by atoms with Crippen molar-refractivity contribution in [3.63, 3.8) is 0 Å². The van der Waals surface area contributed by atoms with Gasteiger partial charge in [0.1, 0.15) is 0 Å². The molecule has 0 atom stereocenters. The second kappa shape index (κ2) is 20.0. The summed E-state index contributed by atoms with van der Waals surface area (Å²) in [4.78, 5) is 40.0. The third-order valence-corrected chi connectivity index (χ3v) is 22.3. The van der Waals surface area contributed by atoms with Gasteiger partial charge in [0.15, 0.2) is 28.3 Å². The van der Waals surface area contributed by atoms with Gasteiger partial charge in [-0.15, -0.1) is 10.2 Å². The van der Waals surface area contributed by atoms with Gasteiger partial charge in [-0.3, -0.25) is 18.7 Å². The zero-order valence-electron chi connectivity index (χ0n) is 40.3. The monoisotopic (exact) mass is 930 g/mol. The molecule has 6 heterocycles. The highest BCUT2D eigenvalue weighted by Gasteiger charge is 2.37. The summed E-state index contributed by atoms with van der Waals surface area (Å²) in [5.74, 6) is 1.04. The van der Waals surface area contributed by atoms with Crippen molar-refractivity contribution in [1.29, 1.82) is 0 Å². The lowest BCUT2D eigenvalue weighted by Crippen LogP contribution is -2.42. The number of anilines is 2. The summed E-state index contributed by atoms with van der Waals surface area (Å²) in [5.41, 5.74) is 4.81. The zero-order valence-corrected chi connectivity index (χ0v) is 42.3. The molecule has 16 nitrogen and oxygen atoms in total. The summed E-state index contributed by atoms with van der Waals surface area (Å²) >= 11 is 0. The molecule has 0 aliphatic carbocycles. The molecule has 0 unspecified atom stereocenters. The second-order valence-electron chi connectivity index (χ2n) is 20.0. The van der Waals surface area contributed by atoms with Crippen molar-refractivity contribution in [2.45, 2.75) is 103 Å². The maximum Gasteiger partial charge on any atom is 0.298 e. The number of hydrogen-bond donors (Lipinski definition) is 0. The lowest BCUT2D eigenvalue weighted by Gasteiger charge is -2.36. The molecule has 0 bridgehead atoms. The highest BCUT2D eigenvalue weighted by molar-refractivity contribution is 6.74. The van der Waals surface area contributed by atoms with Crippen LogP contribution in [-0.2, 0) is 15.3 Å². The summed E-state index contributed by atoms with van der Waals surface area (Å²) in [6, 6.07) is 15.4. The standard InChI is InChI=1S/C24H34N6O2Si.C24H32N6O2Si/c2*1-24(2,3)33(4,5)32-17-6-8-19-18-29(23(31)22(26-19)28-14-7-15-28)20-9-11-21(12-10-20)30-16-13-25-27-30/h9-13,16,18H,6-8,14-15,17H2,1-5H3;6,8-13,16,18H,7,14-15,17H2,1-5H3/b;8-6+. The molecule has 4 aromatic heterocycles. The van der Waals surface area contributed by atoms with Crippen molar-refractivity contribution in [2.24, 2.45) is 0 Å². The number of aryl methyl sites for hydroxylation is 1. The first-order valence-electron chi connectivity index (χ1n) is 23.0. The van der Waals surface area contributed by atoms with Crippen LogP contribution in [0.2, 0.25) is 36.3 Å². The Hall–Kier alpha value is -5.83. The van der Waals surface area contributed by atoms with E-state index >= 15 is 0 Å². The molecule has 6 aromatic rings. The van der Waals surface area contributed by atoms with Crippen LogP contribution in [0.15, 0.2) is 101 Å². The van der Waals surface area contributed by atoms with Gasteiger partial charge < -0.3 is 18.7 Å². The van der Waals surface area contributed by atoms with E-state index in [-0.39, 0.29) is 21.2 Å². The molecule has 2 fully saturated rings. The van der Waals surface area contributed by atoms with E-state index in [4.69, 9.17) is 13.8 Å². The van der Waals surface area contributed by atoms with Crippen molar-refractivity contribution < 1.29 is 8.85 Å². The van der Waals surface area contributed by atoms with Gasteiger partial charge in [0.2, 0.25) is 0 Å². The van der Waals surface area contributed by atoms with Gasteiger partial charge in [-0.2, -0.15) is 0 Å². The van der Waals surface area contributed by atoms with Crippen LogP contribution in [0.1, 0.15) is 72.2 Å². The van der Waals surface area contributed by atoms with E-state index < -0.39 is 16.6 Å². The molecular formula is C48H66N12O4Si2. The van der Waals surface area contributed by atoms with Crippen LogP contribution in [0.4, 0.5) is 11.6 Å². The lowest BCUT2D eigenvalue weighted by atomic mass is 10.2. The van der Waals surface area contributed by atoms with Crippen molar-refractivity contribution in [2.75, 3.05) is 49.2 Å². The largest absolute Gasteiger partial charge is 0.417 e. The van der Waals surface area contributed by atoms with Crippen molar-refractivity contribution in [3.05, 3.63) is 124 Å². The summed E-state index contributed by atoms with van der Waals surface area (Å²) < 4.78 is 19.3. The molecule has 0 spiro atoms. The molecule has 0 saturated carbocycles. The SMILES string of the molecule is CC(C)(C)[Si](C)(C)OC/C=C/c1cn(-c2ccc(-n3ccnn3)cc2)c(=O)c(N2CCC2)n1.CC(C)(C)[Si](C)(C)OCCCc1cn(-c2ccc(-n3ccnn3)cc2)c(=O)c(N2CCC2)n1. The lowest BCUT2D eigenvalue weighted by molar-refractivity contribution is 0.282. The molecule has 350 valence electrons. The molecule has 2 aliphatic heterocycles. The molecule has 66 heavy (non-hydrogen) atoms. The minimum absolute atomic E-state index is 0.0792. The Labute approximate surface area is 390 Å². The molecule has 8 rings (SSSR count). The molecule has 2 aliphatic rings. The number of rotatable bonds is 15. The molecule has 18 heteroatoms. The fraction of sp³-hybridized carbons (Fsp3) is 0.458. The highest BCUT2D eigenvalue weighted by Crippen LogP contribution is 2.37. The van der Waals surface area contributed by atoms with Gasteiger partial charge in [0, 0.05) is 56.6 Å². The Morgan fingerprint density at radius 3 is 1.52 bits per heavy atom. The summed E-state index contributed by atoms with van der Waals surface area (Å²) in [6.07, 6.45) is 18.3. The van der Waals surface area contributed by atoms with E-state index in [0.717, 1.165) is 86.0 Å². The van der Waals surface area contributed by atoms with Gasteiger partial charge in [-0.25, -0.2) is 19.3 Å². The van der Waals surface area contributed by atoms with Crippen LogP contribution in [0, 0.1) is 0 Å². The third-order valence-electron chi connectivity index (χ3n) is 13.3. The van der Waals surface area contributed by atoms with Crippen molar-refractivity contribution in [1.82, 2.24) is 49.1 Å². The molecule has 0 radical (unpaired) electrons. The maximum atomic E-state index is 13.3. The molecule has 0 amide bonds. The number of aromatic nitrogens is 10. The molecule has 2 saturated heterocycles. The van der Waals surface area contributed by atoms with Crippen LogP contribution in [0.25, 0.3) is 28.8 Å². The Balaban J connectivity index is 0.000000196. The first kappa shape index (κ1) is 48.1. The second-order valence-corrected chi connectivity index (χ2v) is 29.6. The van der Waals surface area contributed by atoms with Gasteiger partial charge in [-0.05, 0) is 117 Å². The van der Waals surface area contributed by atoms with Crippen molar-refractivity contribution in [3.8, 4) is 22.7 Å². The van der Waals surface area contributed by atoms with E-state index in [1.807, 2.05) is 71.8 Å². The van der Waals surface area contributed by atoms with Gasteiger partial charge in [0.25, 0.3) is 11.1 Å². The summed E-state index contributed by atoms with van der Waals surface area (Å²) in [7, 11) is -3.58. The first-order chi connectivity index (χ1) is 31.3. The average molecular weight is 931 g/mol. The van der Waals surface area contributed by atoms with Crippen LogP contribution in [0.3, 0.4) is 0 Å². The number of benzene rings is 2. The number of hydrogen-bond acceptors (Lipinski definition) is 12. The van der Waals surface area contributed by atoms with Crippen LogP contribution in [-0.4, -0.2) is 105 Å². The maximum absolute atomic E-state index is 13.3. The van der Waals surface area contributed by atoms with Crippen LogP contribution in [0.5, 0.6) is 0 Å². The van der Waals surface area contributed by atoms with E-state index in [1.165, 1.54) is 0 Å². The van der Waals surface area contributed by atoms with Gasteiger partial charge >= 0.3 is 0 Å². The quantitative estimate of drug-likeness (QED) is 0.0723. The third kappa shape index (κ3) is 11.2. The van der Waals surface area contributed by atoms with Crippen LogP contribution < -0.4 is 20.9 Å². The zero-order chi connectivity index (χ0) is 47.3. The Kier molecular flexibility index (Phi) is 14.5. The molecule has 0 N–H and O–H groups in total. The Bertz CT molecular complexity index is 2670. The average Bonchev–Trinajstić information content (AvgIpc) is 3.98. The van der Waals surface area contributed by atoms with E-state index in [0.29, 0.717) is 24.8 Å². The predicted molar refractivity (Wildman–Crippen MR) is 267 cm³/mol. The minimum atomic E-state index is -1.82. The highest BCUT2D eigenvalue weighted by atomic mass is 28.4. The van der Waals surface area contributed by atoms with E-state index in [2.05, 4.69) is 98.2 Å². The van der Waals surface area contributed by atoms with Gasteiger partial charge in [0.05, 0.1) is 54.2 Å². The summed E-state index contributed by atoms with van der Waals surface area (Å²) in [5, 5.41) is 16.1. The summed E-state index contributed by atoms with van der Waals surface area (Å²) in [6.45, 7) is 27.2. The normalized spacial score (nSPS) is 14.5. The molecular weight excluding hydrogens is 865 g/mol. The fourth-order valence-electron chi connectivity index (χ4n) is 6.74. The Morgan fingerprint density at radius 1 is 0.621 bits per heavy atom. The van der Waals surface area contributed by atoms with Crippen molar-refractivity contribution >= 4 is 34.3 Å². The topological polar surface area (TPSA) is 156 Å². The van der Waals surface area contributed by atoms with E-state index in [1.54, 1.807) is 49.5 Å². The number of nitrogens with zero attached hydrogens (tertiary/aromatic N) is 12. The Morgan fingerprint density at radius 2 is 1.08 bits per heavy atom. The first-order valence-corrected chi connectivity index (χ1v) is 28.8. The minimum Gasteiger partial charge on any atom is -0.417 e. The smallest absolute Gasteiger partial charge is 0.298 e.